The number of fused-ring (bicyclic) bond motifs is 2. The second kappa shape index (κ2) is 9.05. The zero-order chi connectivity index (χ0) is 21.3. The van der Waals surface area contributed by atoms with E-state index >= 15 is 0 Å². The van der Waals surface area contributed by atoms with E-state index in [0.717, 1.165) is 18.9 Å². The summed E-state index contributed by atoms with van der Waals surface area (Å²) < 4.78 is 18.8. The topological polar surface area (TPSA) is 101 Å². The Morgan fingerprint density at radius 3 is 2.80 bits per heavy atom. The van der Waals surface area contributed by atoms with Gasteiger partial charge in [-0.25, -0.2) is 4.39 Å². The smallest absolute Gasteiger partial charge is 0.258 e. The molecular formula is C20H26ClFN4O4. The molecule has 4 N–H and O–H groups in total. The standard InChI is InChI=1S/C20H26ClFN4O4/c1-10-24-19(30-26-10)8-23-20(28)14-7-17(12-4-11(14)5-12)25-18(27)9-29-13-2-3-15(21)16(22)6-13/h2-3,6,10-12,14,17,19,24,26H,4-5,7-9H2,1H3,(H,23,28)(H,25,27)/t10?,11?,12?,14-,17+,19?/m1/s1. The molecule has 1 aromatic carbocycles. The van der Waals surface area contributed by atoms with E-state index in [1.807, 2.05) is 6.92 Å². The SMILES string of the molecule is CC1NOC(CNC(=O)[C@@H]2C[C@H](NC(=O)COc3ccc(Cl)c(F)c3)C3CC2C3)N1. The largest absolute Gasteiger partial charge is 0.484 e. The van der Waals surface area contributed by atoms with Gasteiger partial charge in [0, 0.05) is 18.0 Å². The fraction of sp³-hybridized carbons (Fsp3) is 0.600. The Morgan fingerprint density at radius 2 is 2.10 bits per heavy atom. The lowest BCUT2D eigenvalue weighted by molar-refractivity contribution is -0.136. The first-order valence-electron chi connectivity index (χ1n) is 10.2. The van der Waals surface area contributed by atoms with Crippen molar-refractivity contribution in [2.24, 2.45) is 17.8 Å². The molecule has 2 bridgehead atoms. The van der Waals surface area contributed by atoms with Gasteiger partial charge in [-0.15, -0.1) is 0 Å². The minimum atomic E-state index is -0.598. The van der Waals surface area contributed by atoms with Gasteiger partial charge in [-0.2, -0.15) is 5.48 Å². The molecule has 2 unspecified atom stereocenters. The van der Waals surface area contributed by atoms with Crippen LogP contribution in [-0.2, 0) is 14.4 Å². The van der Waals surface area contributed by atoms with E-state index in [9.17, 15) is 14.0 Å². The number of rotatable bonds is 7. The molecule has 8 nitrogen and oxygen atoms in total. The molecule has 3 aliphatic carbocycles. The van der Waals surface area contributed by atoms with E-state index in [1.54, 1.807) is 0 Å². The molecule has 3 saturated carbocycles. The third-order valence-electron chi connectivity index (χ3n) is 6.09. The highest BCUT2D eigenvalue weighted by atomic mass is 35.5. The second-order valence-electron chi connectivity index (χ2n) is 8.23. The van der Waals surface area contributed by atoms with Gasteiger partial charge >= 0.3 is 0 Å². The maximum absolute atomic E-state index is 13.5. The summed E-state index contributed by atoms with van der Waals surface area (Å²) in [6.07, 6.45) is 2.26. The van der Waals surface area contributed by atoms with Crippen molar-refractivity contribution < 1.29 is 23.6 Å². The van der Waals surface area contributed by atoms with Crippen molar-refractivity contribution in [3.05, 3.63) is 29.0 Å². The van der Waals surface area contributed by atoms with Crippen molar-refractivity contribution in [1.82, 2.24) is 21.4 Å². The first-order valence-corrected chi connectivity index (χ1v) is 10.6. The first-order chi connectivity index (χ1) is 14.4. The van der Waals surface area contributed by atoms with Crippen LogP contribution >= 0.6 is 11.6 Å². The number of benzene rings is 1. The molecule has 4 atom stereocenters. The fourth-order valence-corrected chi connectivity index (χ4v) is 4.56. The van der Waals surface area contributed by atoms with Gasteiger partial charge in [0.05, 0.1) is 17.7 Å². The molecule has 5 rings (SSSR count). The molecule has 1 heterocycles. The van der Waals surface area contributed by atoms with Gasteiger partial charge in [0.2, 0.25) is 5.91 Å². The van der Waals surface area contributed by atoms with Crippen LogP contribution in [0.1, 0.15) is 26.2 Å². The predicted octanol–water partition coefficient (Wildman–Crippen LogP) is 1.30. The number of carbonyl (C=O) groups is 2. The molecule has 1 aromatic rings. The van der Waals surface area contributed by atoms with Crippen LogP contribution in [0.5, 0.6) is 5.75 Å². The summed E-state index contributed by atoms with van der Waals surface area (Å²) in [7, 11) is 0. The highest BCUT2D eigenvalue weighted by Gasteiger charge is 2.49. The molecule has 4 aliphatic rings. The molecule has 0 spiro atoms. The lowest BCUT2D eigenvalue weighted by atomic mass is 9.57. The van der Waals surface area contributed by atoms with E-state index in [1.165, 1.54) is 12.1 Å². The number of carbonyl (C=O) groups excluding carboxylic acids is 2. The Hall–Kier alpha value is -1.94. The minimum Gasteiger partial charge on any atom is -0.484 e. The summed E-state index contributed by atoms with van der Waals surface area (Å²) in [6, 6.07) is 3.97. The average Bonchev–Trinajstić information content (AvgIpc) is 3.11. The molecule has 164 valence electrons. The van der Waals surface area contributed by atoms with Crippen LogP contribution in [0.4, 0.5) is 4.39 Å². The zero-order valence-corrected chi connectivity index (χ0v) is 17.4. The Morgan fingerprint density at radius 1 is 1.30 bits per heavy atom. The summed E-state index contributed by atoms with van der Waals surface area (Å²) in [6.45, 7) is 2.09. The van der Waals surface area contributed by atoms with Crippen molar-refractivity contribution in [2.75, 3.05) is 13.2 Å². The maximum atomic E-state index is 13.5. The number of nitrogens with one attached hydrogen (secondary N) is 4. The maximum Gasteiger partial charge on any atom is 0.258 e. The quantitative estimate of drug-likeness (QED) is 0.510. The minimum absolute atomic E-state index is 0.00101. The lowest BCUT2D eigenvalue weighted by Gasteiger charge is -2.50. The molecule has 2 amide bonds. The van der Waals surface area contributed by atoms with E-state index in [2.05, 4.69) is 21.4 Å². The first kappa shape index (κ1) is 21.3. The molecule has 30 heavy (non-hydrogen) atoms. The average molecular weight is 441 g/mol. The van der Waals surface area contributed by atoms with Crippen molar-refractivity contribution in [2.45, 2.75) is 44.6 Å². The lowest BCUT2D eigenvalue weighted by Crippen LogP contribution is -2.57. The molecule has 1 aliphatic heterocycles. The van der Waals surface area contributed by atoms with Gasteiger partial charge in [-0.05, 0) is 50.2 Å². The van der Waals surface area contributed by atoms with Crippen molar-refractivity contribution in [3.63, 3.8) is 0 Å². The highest BCUT2D eigenvalue weighted by molar-refractivity contribution is 6.30. The Kier molecular flexibility index (Phi) is 6.43. The third-order valence-corrected chi connectivity index (χ3v) is 6.39. The van der Waals surface area contributed by atoms with Crippen LogP contribution < -0.4 is 26.2 Å². The van der Waals surface area contributed by atoms with E-state index in [-0.39, 0.29) is 53.5 Å². The van der Waals surface area contributed by atoms with Gasteiger partial charge in [0.15, 0.2) is 6.61 Å². The summed E-state index contributed by atoms with van der Waals surface area (Å²) in [5, 5.41) is 9.08. The van der Waals surface area contributed by atoms with Crippen molar-refractivity contribution in [1.29, 1.82) is 0 Å². The highest BCUT2D eigenvalue weighted by Crippen LogP contribution is 2.49. The summed E-state index contributed by atoms with van der Waals surface area (Å²) in [5.74, 6) is -0.0215. The van der Waals surface area contributed by atoms with Gasteiger partial charge < -0.3 is 15.4 Å². The van der Waals surface area contributed by atoms with Crippen LogP contribution in [0, 0.1) is 23.6 Å². The van der Waals surface area contributed by atoms with E-state index in [0.29, 0.717) is 24.8 Å². The van der Waals surface area contributed by atoms with Crippen LogP contribution in [-0.4, -0.2) is 43.4 Å². The van der Waals surface area contributed by atoms with Crippen molar-refractivity contribution >= 4 is 23.4 Å². The Bertz CT molecular complexity index is 807. The summed E-state index contributed by atoms with van der Waals surface area (Å²) in [5.41, 5.74) is 2.80. The van der Waals surface area contributed by atoms with Crippen LogP contribution in [0.3, 0.4) is 0 Å². The fourth-order valence-electron chi connectivity index (χ4n) is 4.44. The number of hydrogen-bond donors (Lipinski definition) is 4. The van der Waals surface area contributed by atoms with Crippen LogP contribution in [0.25, 0.3) is 0 Å². The molecule has 0 radical (unpaired) electrons. The van der Waals surface area contributed by atoms with Gasteiger partial charge in [-0.1, -0.05) is 11.6 Å². The second-order valence-corrected chi connectivity index (χ2v) is 8.64. The number of amides is 2. The van der Waals surface area contributed by atoms with Gasteiger partial charge in [0.1, 0.15) is 17.8 Å². The third kappa shape index (κ3) is 4.85. The normalized spacial score (nSPS) is 32.2. The van der Waals surface area contributed by atoms with Crippen LogP contribution in [0.2, 0.25) is 5.02 Å². The number of halogens is 2. The predicted molar refractivity (Wildman–Crippen MR) is 107 cm³/mol. The van der Waals surface area contributed by atoms with Gasteiger partial charge in [-0.3, -0.25) is 19.7 Å². The summed E-state index contributed by atoms with van der Waals surface area (Å²) >= 11 is 5.64. The zero-order valence-electron chi connectivity index (χ0n) is 16.6. The molecule has 1 saturated heterocycles. The molecular weight excluding hydrogens is 415 g/mol. The van der Waals surface area contributed by atoms with Crippen molar-refractivity contribution in [3.8, 4) is 5.75 Å². The number of ether oxygens (including phenoxy) is 1. The molecule has 0 aromatic heterocycles. The van der Waals surface area contributed by atoms with E-state index < -0.39 is 5.82 Å². The molecule has 4 fully saturated rings. The monoisotopic (exact) mass is 440 g/mol. The number of hydrogen-bond acceptors (Lipinski definition) is 6. The Labute approximate surface area is 179 Å². The summed E-state index contributed by atoms with van der Waals surface area (Å²) in [4.78, 5) is 30.3. The van der Waals surface area contributed by atoms with E-state index in [4.69, 9.17) is 21.2 Å². The van der Waals surface area contributed by atoms with Crippen LogP contribution in [0.15, 0.2) is 18.2 Å². The number of hydroxylamine groups is 1. The Balaban J connectivity index is 1.24. The molecule has 10 heteroatoms. The van der Waals surface area contributed by atoms with Gasteiger partial charge in [0.25, 0.3) is 5.91 Å².